The Kier molecular flexibility index (Phi) is 4.70. The fourth-order valence-electron chi connectivity index (χ4n) is 2.09. The van der Waals surface area contributed by atoms with Crippen molar-refractivity contribution in [2.45, 2.75) is 0 Å². The number of benzene rings is 2. The Bertz CT molecular complexity index is 784. The number of nitro groups is 1. The average Bonchev–Trinajstić information content (AvgIpc) is 2.59. The maximum Gasteiger partial charge on any atom is 0.338 e. The number of hydrogen-bond donors (Lipinski definition) is 0. The summed E-state index contributed by atoms with van der Waals surface area (Å²) in [6.45, 7) is 0. The van der Waals surface area contributed by atoms with Crippen LogP contribution in [0.3, 0.4) is 0 Å². The Hall–Kier alpha value is -3.22. The third kappa shape index (κ3) is 3.34. The minimum atomic E-state index is -0.697. The number of ether oxygens (including phenoxy) is 2. The van der Waals surface area contributed by atoms with Crippen LogP contribution < -0.4 is 0 Å². The standard InChI is InChI=1S/C16H13NO6/c1-22-15(18)13-7-6-11(9-14(13)16(19)23-2)10-4-3-5-12(8-10)17(20)21/h3-9H,1-2H3. The average molecular weight is 315 g/mol. The Balaban J connectivity index is 2.57. The number of esters is 2. The van der Waals surface area contributed by atoms with Crippen molar-refractivity contribution in [3.8, 4) is 11.1 Å². The summed E-state index contributed by atoms with van der Waals surface area (Å²) < 4.78 is 9.30. The Morgan fingerprint density at radius 1 is 0.913 bits per heavy atom. The van der Waals surface area contributed by atoms with Gasteiger partial charge in [0.05, 0.1) is 30.3 Å². The summed E-state index contributed by atoms with van der Waals surface area (Å²) in [5.41, 5.74) is 1.11. The molecule has 0 bridgehead atoms. The number of nitrogens with zero attached hydrogens (tertiary/aromatic N) is 1. The van der Waals surface area contributed by atoms with Gasteiger partial charge in [-0.25, -0.2) is 9.59 Å². The summed E-state index contributed by atoms with van der Waals surface area (Å²) in [5, 5.41) is 10.9. The number of carbonyl (C=O) groups excluding carboxylic acids is 2. The lowest BCUT2D eigenvalue weighted by Gasteiger charge is -2.09. The predicted octanol–water partition coefficient (Wildman–Crippen LogP) is 2.84. The van der Waals surface area contributed by atoms with Crippen molar-refractivity contribution in [2.75, 3.05) is 14.2 Å². The van der Waals surface area contributed by atoms with Crippen molar-refractivity contribution >= 4 is 17.6 Å². The van der Waals surface area contributed by atoms with Gasteiger partial charge in [-0.3, -0.25) is 10.1 Å². The molecule has 2 aromatic carbocycles. The second-order valence-corrected chi connectivity index (χ2v) is 4.55. The number of hydrogen-bond acceptors (Lipinski definition) is 6. The summed E-state index contributed by atoms with van der Waals surface area (Å²) in [5.74, 6) is -1.37. The first kappa shape index (κ1) is 16.2. The predicted molar refractivity (Wildman–Crippen MR) is 81.2 cm³/mol. The highest BCUT2D eigenvalue weighted by molar-refractivity contribution is 6.04. The van der Waals surface area contributed by atoms with Crippen LogP contribution in [0.4, 0.5) is 5.69 Å². The third-order valence-corrected chi connectivity index (χ3v) is 3.22. The number of carbonyl (C=O) groups is 2. The van der Waals surface area contributed by atoms with Gasteiger partial charge in [0.1, 0.15) is 0 Å². The molecule has 0 radical (unpaired) electrons. The Morgan fingerprint density at radius 3 is 2.13 bits per heavy atom. The van der Waals surface area contributed by atoms with Crippen LogP contribution >= 0.6 is 0 Å². The normalized spacial score (nSPS) is 10.0. The van der Waals surface area contributed by atoms with E-state index in [2.05, 4.69) is 9.47 Å². The van der Waals surface area contributed by atoms with Gasteiger partial charge in [-0.05, 0) is 23.3 Å². The van der Waals surface area contributed by atoms with Crippen molar-refractivity contribution in [1.82, 2.24) is 0 Å². The molecule has 23 heavy (non-hydrogen) atoms. The highest BCUT2D eigenvalue weighted by Crippen LogP contribution is 2.26. The Morgan fingerprint density at radius 2 is 1.52 bits per heavy atom. The van der Waals surface area contributed by atoms with Gasteiger partial charge in [0, 0.05) is 12.1 Å². The van der Waals surface area contributed by atoms with Crippen LogP contribution in [-0.2, 0) is 9.47 Å². The second kappa shape index (κ2) is 6.69. The first-order chi connectivity index (χ1) is 11.0. The zero-order chi connectivity index (χ0) is 17.0. The summed E-state index contributed by atoms with van der Waals surface area (Å²) in [7, 11) is 2.40. The molecule has 0 heterocycles. The summed E-state index contributed by atoms with van der Waals surface area (Å²) in [6, 6.07) is 10.4. The fourth-order valence-corrected chi connectivity index (χ4v) is 2.09. The quantitative estimate of drug-likeness (QED) is 0.489. The van der Waals surface area contributed by atoms with Crippen molar-refractivity contribution in [1.29, 1.82) is 0 Å². The van der Waals surface area contributed by atoms with E-state index in [1.54, 1.807) is 18.2 Å². The molecule has 0 saturated carbocycles. The van der Waals surface area contributed by atoms with E-state index in [4.69, 9.17) is 0 Å². The number of methoxy groups -OCH3 is 2. The molecule has 0 aromatic heterocycles. The van der Waals surface area contributed by atoms with E-state index in [9.17, 15) is 19.7 Å². The lowest BCUT2D eigenvalue weighted by molar-refractivity contribution is -0.384. The highest BCUT2D eigenvalue weighted by atomic mass is 16.6. The van der Waals surface area contributed by atoms with Crippen LogP contribution in [0.25, 0.3) is 11.1 Å². The van der Waals surface area contributed by atoms with Gasteiger partial charge in [0.15, 0.2) is 0 Å². The lowest BCUT2D eigenvalue weighted by atomic mass is 9.98. The number of rotatable bonds is 4. The topological polar surface area (TPSA) is 95.7 Å². The largest absolute Gasteiger partial charge is 0.465 e. The molecule has 0 saturated heterocycles. The molecule has 0 aliphatic carbocycles. The zero-order valence-electron chi connectivity index (χ0n) is 12.4. The van der Waals surface area contributed by atoms with Crippen molar-refractivity contribution in [2.24, 2.45) is 0 Å². The molecule has 0 unspecified atom stereocenters. The molecule has 0 amide bonds. The lowest BCUT2D eigenvalue weighted by Crippen LogP contribution is -2.11. The second-order valence-electron chi connectivity index (χ2n) is 4.55. The molecule has 2 aromatic rings. The van der Waals surface area contributed by atoms with Gasteiger partial charge >= 0.3 is 11.9 Å². The van der Waals surface area contributed by atoms with E-state index < -0.39 is 16.9 Å². The van der Waals surface area contributed by atoms with E-state index in [0.717, 1.165) is 0 Å². The first-order valence-corrected chi connectivity index (χ1v) is 6.53. The molecule has 118 valence electrons. The minimum Gasteiger partial charge on any atom is -0.465 e. The molecule has 0 aliphatic heterocycles. The maximum absolute atomic E-state index is 11.9. The minimum absolute atomic E-state index is 0.0309. The highest BCUT2D eigenvalue weighted by Gasteiger charge is 2.19. The van der Waals surface area contributed by atoms with E-state index in [1.165, 1.54) is 38.5 Å². The van der Waals surface area contributed by atoms with Crippen LogP contribution in [0.2, 0.25) is 0 Å². The van der Waals surface area contributed by atoms with Gasteiger partial charge in [-0.2, -0.15) is 0 Å². The smallest absolute Gasteiger partial charge is 0.338 e. The van der Waals surface area contributed by atoms with Crippen molar-refractivity contribution < 1.29 is 24.0 Å². The zero-order valence-corrected chi connectivity index (χ0v) is 12.4. The summed E-state index contributed by atoms with van der Waals surface area (Å²) >= 11 is 0. The maximum atomic E-state index is 11.9. The van der Waals surface area contributed by atoms with Gasteiger partial charge in [-0.1, -0.05) is 18.2 Å². The molecule has 0 aliphatic rings. The van der Waals surface area contributed by atoms with Gasteiger partial charge in [0.2, 0.25) is 0 Å². The summed E-state index contributed by atoms with van der Waals surface area (Å²) in [4.78, 5) is 34.0. The van der Waals surface area contributed by atoms with Crippen LogP contribution in [-0.4, -0.2) is 31.1 Å². The molecular formula is C16H13NO6. The first-order valence-electron chi connectivity index (χ1n) is 6.53. The molecular weight excluding hydrogens is 302 g/mol. The molecule has 0 spiro atoms. The number of non-ortho nitro benzene ring substituents is 1. The molecule has 7 nitrogen and oxygen atoms in total. The van der Waals surface area contributed by atoms with Crippen LogP contribution in [0.15, 0.2) is 42.5 Å². The number of nitro benzene ring substituents is 1. The fraction of sp³-hybridized carbons (Fsp3) is 0.125. The van der Waals surface area contributed by atoms with Crippen molar-refractivity contribution in [3.63, 3.8) is 0 Å². The SMILES string of the molecule is COC(=O)c1ccc(-c2cccc([N+](=O)[O-])c2)cc1C(=O)OC. The van der Waals surface area contributed by atoms with Crippen LogP contribution in [0.1, 0.15) is 20.7 Å². The van der Waals surface area contributed by atoms with Crippen LogP contribution in [0, 0.1) is 10.1 Å². The Labute approximate surface area is 131 Å². The molecule has 0 fully saturated rings. The third-order valence-electron chi connectivity index (χ3n) is 3.22. The van der Waals surface area contributed by atoms with E-state index >= 15 is 0 Å². The summed E-state index contributed by atoms with van der Waals surface area (Å²) in [6.07, 6.45) is 0. The van der Waals surface area contributed by atoms with E-state index in [0.29, 0.717) is 11.1 Å². The van der Waals surface area contributed by atoms with Crippen molar-refractivity contribution in [3.05, 3.63) is 63.7 Å². The van der Waals surface area contributed by atoms with E-state index in [-0.39, 0.29) is 16.8 Å². The van der Waals surface area contributed by atoms with E-state index in [1.807, 2.05) is 0 Å². The monoisotopic (exact) mass is 315 g/mol. The van der Waals surface area contributed by atoms with Crippen LogP contribution in [0.5, 0.6) is 0 Å². The van der Waals surface area contributed by atoms with Gasteiger partial charge < -0.3 is 9.47 Å². The van der Waals surface area contributed by atoms with Gasteiger partial charge in [0.25, 0.3) is 5.69 Å². The molecule has 7 heteroatoms. The van der Waals surface area contributed by atoms with Gasteiger partial charge in [-0.15, -0.1) is 0 Å². The molecule has 0 atom stereocenters. The molecule has 0 N–H and O–H groups in total. The molecule has 2 rings (SSSR count).